The van der Waals surface area contributed by atoms with Crippen LogP contribution in [0.3, 0.4) is 0 Å². The highest BCUT2D eigenvalue weighted by Gasteiger charge is 2.18. The molecule has 0 N–H and O–H groups in total. The molecule has 2 rings (SSSR count). The molecule has 0 aliphatic rings. The number of nitriles is 2. The summed E-state index contributed by atoms with van der Waals surface area (Å²) in [5.74, 6) is -0.727. The first-order valence-electron chi connectivity index (χ1n) is 7.49. The maximum atomic E-state index is 13.4. The van der Waals surface area contributed by atoms with E-state index in [2.05, 4.69) is 0 Å². The Balaban J connectivity index is 2.53. The predicted octanol–water partition coefficient (Wildman–Crippen LogP) is 3.54. The summed E-state index contributed by atoms with van der Waals surface area (Å²) in [4.78, 5) is 12.1. The fourth-order valence-electron chi connectivity index (χ4n) is 2.54. The second kappa shape index (κ2) is 7.39. The number of halogens is 1. The number of rotatable bonds is 4. The monoisotopic (exact) mass is 321 g/mol. The highest BCUT2D eigenvalue weighted by molar-refractivity contribution is 5.95. The van der Waals surface area contributed by atoms with Crippen molar-refractivity contribution in [2.75, 3.05) is 7.05 Å². The third kappa shape index (κ3) is 3.42. The van der Waals surface area contributed by atoms with Crippen LogP contribution in [0.15, 0.2) is 36.4 Å². The standard InChI is InChI=1S/C19H16FN3O/c1-3-13-7-8-15(17(9-13)19(24)23(2)20)10-14-5-4-6-16(11-21)18(14)12-22/h4-9H,3,10H2,1-2H3. The summed E-state index contributed by atoms with van der Waals surface area (Å²) in [6.07, 6.45) is 1.00. The molecule has 0 unspecified atom stereocenters. The first kappa shape index (κ1) is 17.2. The number of benzene rings is 2. The molecule has 5 heteroatoms. The van der Waals surface area contributed by atoms with Crippen molar-refractivity contribution in [2.24, 2.45) is 0 Å². The number of nitrogens with zero attached hydrogens (tertiary/aromatic N) is 3. The fraction of sp³-hybridized carbons (Fsp3) is 0.211. The van der Waals surface area contributed by atoms with Gasteiger partial charge in [-0.2, -0.15) is 15.6 Å². The van der Waals surface area contributed by atoms with Crippen LogP contribution >= 0.6 is 0 Å². The van der Waals surface area contributed by atoms with E-state index in [1.807, 2.05) is 25.1 Å². The lowest BCUT2D eigenvalue weighted by Gasteiger charge is -2.13. The molecule has 2 aromatic carbocycles. The van der Waals surface area contributed by atoms with Crippen molar-refractivity contribution in [1.82, 2.24) is 5.12 Å². The summed E-state index contributed by atoms with van der Waals surface area (Å²) in [5.41, 5.74) is 3.02. The van der Waals surface area contributed by atoms with Gasteiger partial charge in [-0.05, 0) is 41.7 Å². The molecule has 0 heterocycles. The summed E-state index contributed by atoms with van der Waals surface area (Å²) in [6, 6.07) is 14.4. The van der Waals surface area contributed by atoms with Crippen LogP contribution in [0.25, 0.3) is 0 Å². The number of aryl methyl sites for hydroxylation is 1. The number of carbonyl (C=O) groups excluding carboxylic acids is 1. The second-order valence-corrected chi connectivity index (χ2v) is 5.37. The van der Waals surface area contributed by atoms with Crippen LogP contribution < -0.4 is 0 Å². The Morgan fingerprint density at radius 3 is 2.50 bits per heavy atom. The Morgan fingerprint density at radius 2 is 1.92 bits per heavy atom. The summed E-state index contributed by atoms with van der Waals surface area (Å²) < 4.78 is 13.4. The van der Waals surface area contributed by atoms with Crippen molar-refractivity contribution in [3.63, 3.8) is 0 Å². The topological polar surface area (TPSA) is 67.9 Å². The molecule has 0 aliphatic heterocycles. The first-order valence-corrected chi connectivity index (χ1v) is 7.49. The van der Waals surface area contributed by atoms with E-state index in [1.165, 1.54) is 0 Å². The van der Waals surface area contributed by atoms with Gasteiger partial charge in [-0.25, -0.2) is 0 Å². The average Bonchev–Trinajstić information content (AvgIpc) is 2.60. The SMILES string of the molecule is CCc1ccc(Cc2cccc(C#N)c2C#N)c(C(=O)N(C)F)c1. The minimum Gasteiger partial charge on any atom is -0.266 e. The number of amides is 1. The Hall–Kier alpha value is -3.18. The quantitative estimate of drug-likeness (QED) is 0.809. The zero-order valence-electron chi connectivity index (χ0n) is 13.5. The molecular weight excluding hydrogens is 305 g/mol. The van der Waals surface area contributed by atoms with Gasteiger partial charge in [0.15, 0.2) is 0 Å². The zero-order valence-corrected chi connectivity index (χ0v) is 13.5. The Kier molecular flexibility index (Phi) is 5.29. The molecule has 0 radical (unpaired) electrons. The molecular formula is C19H16FN3O. The minimum absolute atomic E-state index is 0.0508. The lowest BCUT2D eigenvalue weighted by molar-refractivity contribution is 0.0342. The Labute approximate surface area is 140 Å². The van der Waals surface area contributed by atoms with E-state index < -0.39 is 5.91 Å². The molecule has 0 saturated carbocycles. The average molecular weight is 321 g/mol. The normalized spacial score (nSPS) is 9.88. The van der Waals surface area contributed by atoms with Crippen LogP contribution in [0.1, 0.15) is 45.1 Å². The predicted molar refractivity (Wildman–Crippen MR) is 87.7 cm³/mol. The van der Waals surface area contributed by atoms with Gasteiger partial charge in [0, 0.05) is 12.6 Å². The van der Waals surface area contributed by atoms with Crippen LogP contribution in [-0.2, 0) is 12.8 Å². The van der Waals surface area contributed by atoms with E-state index >= 15 is 0 Å². The minimum atomic E-state index is -0.727. The second-order valence-electron chi connectivity index (χ2n) is 5.37. The lowest BCUT2D eigenvalue weighted by atomic mass is 9.93. The molecule has 0 spiro atoms. The summed E-state index contributed by atoms with van der Waals surface area (Å²) in [7, 11) is 1.06. The van der Waals surface area contributed by atoms with Gasteiger partial charge in [0.2, 0.25) is 0 Å². The van der Waals surface area contributed by atoms with Crippen LogP contribution in [0.5, 0.6) is 0 Å². The van der Waals surface area contributed by atoms with Crippen molar-refractivity contribution in [2.45, 2.75) is 19.8 Å². The van der Waals surface area contributed by atoms with E-state index in [0.29, 0.717) is 11.1 Å². The van der Waals surface area contributed by atoms with Gasteiger partial charge in [-0.1, -0.05) is 35.7 Å². The first-order chi connectivity index (χ1) is 11.5. The van der Waals surface area contributed by atoms with Gasteiger partial charge in [-0.15, -0.1) is 0 Å². The summed E-state index contributed by atoms with van der Waals surface area (Å²) in [6.45, 7) is 1.95. The number of hydrogen-bond donors (Lipinski definition) is 0. The summed E-state index contributed by atoms with van der Waals surface area (Å²) >= 11 is 0. The number of carbonyl (C=O) groups is 1. The molecule has 4 nitrogen and oxygen atoms in total. The van der Waals surface area contributed by atoms with Crippen LogP contribution in [0.2, 0.25) is 0 Å². The zero-order chi connectivity index (χ0) is 17.7. The highest BCUT2D eigenvalue weighted by Crippen LogP contribution is 2.22. The van der Waals surface area contributed by atoms with E-state index in [4.69, 9.17) is 5.26 Å². The van der Waals surface area contributed by atoms with Crippen molar-refractivity contribution in [1.29, 1.82) is 10.5 Å². The van der Waals surface area contributed by atoms with Crippen LogP contribution in [0, 0.1) is 22.7 Å². The van der Waals surface area contributed by atoms with Gasteiger partial charge >= 0.3 is 0 Å². The fourth-order valence-corrected chi connectivity index (χ4v) is 2.54. The van der Waals surface area contributed by atoms with Gasteiger partial charge in [-0.3, -0.25) is 4.79 Å². The Bertz CT molecular complexity index is 860. The van der Waals surface area contributed by atoms with Gasteiger partial charge < -0.3 is 0 Å². The molecule has 0 bridgehead atoms. The van der Waals surface area contributed by atoms with E-state index in [1.54, 1.807) is 30.3 Å². The largest absolute Gasteiger partial charge is 0.281 e. The molecule has 0 aliphatic carbocycles. The lowest BCUT2D eigenvalue weighted by Crippen LogP contribution is -2.19. The summed E-state index contributed by atoms with van der Waals surface area (Å²) in [5, 5.41) is 18.5. The Morgan fingerprint density at radius 1 is 1.17 bits per heavy atom. The van der Waals surface area contributed by atoms with E-state index in [9.17, 15) is 14.5 Å². The maximum Gasteiger partial charge on any atom is 0.281 e. The van der Waals surface area contributed by atoms with E-state index in [0.717, 1.165) is 19.0 Å². The molecule has 2 aromatic rings. The molecule has 1 amide bonds. The molecule has 0 aromatic heterocycles. The number of hydrogen-bond acceptors (Lipinski definition) is 3. The van der Waals surface area contributed by atoms with Crippen molar-refractivity contribution >= 4 is 5.91 Å². The van der Waals surface area contributed by atoms with Gasteiger partial charge in [0.25, 0.3) is 5.91 Å². The molecule has 120 valence electrons. The molecule has 24 heavy (non-hydrogen) atoms. The smallest absolute Gasteiger partial charge is 0.266 e. The molecule has 0 saturated heterocycles. The maximum absolute atomic E-state index is 13.4. The van der Waals surface area contributed by atoms with Crippen molar-refractivity contribution in [3.05, 3.63) is 69.8 Å². The van der Waals surface area contributed by atoms with Crippen LogP contribution in [0.4, 0.5) is 4.48 Å². The van der Waals surface area contributed by atoms with Crippen molar-refractivity contribution in [3.8, 4) is 12.1 Å². The van der Waals surface area contributed by atoms with Gasteiger partial charge in [0.1, 0.15) is 12.1 Å². The third-order valence-electron chi connectivity index (χ3n) is 3.86. The third-order valence-corrected chi connectivity index (χ3v) is 3.86. The molecule has 0 fully saturated rings. The van der Waals surface area contributed by atoms with Crippen LogP contribution in [-0.4, -0.2) is 18.1 Å². The van der Waals surface area contributed by atoms with Gasteiger partial charge in [0.05, 0.1) is 11.1 Å². The highest BCUT2D eigenvalue weighted by atomic mass is 19.2. The van der Waals surface area contributed by atoms with E-state index in [-0.39, 0.29) is 28.2 Å². The molecule has 0 atom stereocenters. The van der Waals surface area contributed by atoms with Crippen molar-refractivity contribution < 1.29 is 9.28 Å².